The summed E-state index contributed by atoms with van der Waals surface area (Å²) in [6.45, 7) is -0.353. The topological polar surface area (TPSA) is 210 Å². The molecule has 0 bridgehead atoms. The minimum absolute atomic E-state index is 0.0531. The Labute approximate surface area is 124 Å². The molecule has 2 atom stereocenters. The number of unbranched alkanes of at least 4 members (excludes halogenated alkanes) is 1. The first kappa shape index (κ1) is 21.2. The lowest BCUT2D eigenvalue weighted by atomic mass is 9.94. The van der Waals surface area contributed by atoms with Gasteiger partial charge in [0, 0.05) is 12.5 Å². The van der Waals surface area contributed by atoms with E-state index in [1.807, 2.05) is 0 Å². The fourth-order valence-electron chi connectivity index (χ4n) is 2.13. The summed E-state index contributed by atoms with van der Waals surface area (Å²) in [6, 6.07) is 0. The lowest BCUT2D eigenvalue weighted by Gasteiger charge is -2.29. The van der Waals surface area contributed by atoms with Gasteiger partial charge in [0.25, 0.3) is 0 Å². The van der Waals surface area contributed by atoms with Gasteiger partial charge in [-0.2, -0.15) is 0 Å². The zero-order valence-corrected chi connectivity index (χ0v) is 13.0. The first-order valence-corrected chi connectivity index (χ1v) is 9.37. The van der Waals surface area contributed by atoms with Gasteiger partial charge in [-0.1, -0.05) is 6.42 Å². The molecule has 0 aromatic carbocycles. The van der Waals surface area contributed by atoms with Gasteiger partial charge in [0.1, 0.15) is 0 Å². The Morgan fingerprint density at radius 3 is 1.41 bits per heavy atom. The van der Waals surface area contributed by atoms with Crippen LogP contribution in [0.4, 0.5) is 0 Å². The largest absolute Gasteiger partial charge is 0.481 e. The highest BCUT2D eigenvalue weighted by Crippen LogP contribution is 2.54. The average Bonchev–Trinajstić information content (AvgIpc) is 2.23. The number of carboxylic acid groups (broad SMARTS) is 2. The Morgan fingerprint density at radius 2 is 1.18 bits per heavy atom. The number of carboxylic acids is 2. The third-order valence-electron chi connectivity index (χ3n) is 2.99. The van der Waals surface area contributed by atoms with Crippen LogP contribution in [0.5, 0.6) is 0 Å². The van der Waals surface area contributed by atoms with E-state index in [4.69, 9.17) is 34.9 Å². The lowest BCUT2D eigenvalue weighted by Crippen LogP contribution is -2.41. The van der Waals surface area contributed by atoms with Gasteiger partial charge in [0.05, 0.1) is 0 Å². The molecule has 0 aromatic rings. The molecule has 130 valence electrons. The van der Waals surface area contributed by atoms with E-state index in [1.54, 1.807) is 0 Å². The monoisotopic (exact) mass is 364 g/mol. The molecular weight excluding hydrogens is 346 g/mol. The molecule has 22 heavy (non-hydrogen) atoms. The van der Waals surface area contributed by atoms with E-state index < -0.39 is 50.8 Å². The van der Waals surface area contributed by atoms with Crippen molar-refractivity contribution in [2.75, 3.05) is 6.61 Å². The first-order valence-electron chi connectivity index (χ1n) is 6.01. The standard InChI is InChI=1S/C9H18O11P2/c10-4-2-1-3-5(6(8(11)12)21(15,16)17)7(9(13)14)22(18,19)20/h5-7,10H,1-4H2,(H,11,12)(H,13,14)(H2,15,16,17)(H2,18,19,20). The predicted molar refractivity (Wildman–Crippen MR) is 71.4 cm³/mol. The van der Waals surface area contributed by atoms with Crippen molar-refractivity contribution in [2.45, 2.75) is 30.6 Å². The quantitative estimate of drug-likeness (QED) is 0.185. The van der Waals surface area contributed by atoms with Crippen LogP contribution in [0.1, 0.15) is 19.3 Å². The summed E-state index contributed by atoms with van der Waals surface area (Å²) in [6.07, 6.45) is -0.503. The summed E-state index contributed by atoms with van der Waals surface area (Å²) in [4.78, 5) is 58.6. The van der Waals surface area contributed by atoms with Crippen LogP contribution in [-0.2, 0) is 18.7 Å². The van der Waals surface area contributed by atoms with Gasteiger partial charge in [-0.25, -0.2) is 0 Å². The molecule has 0 aliphatic rings. The van der Waals surface area contributed by atoms with Crippen LogP contribution in [-0.4, -0.2) is 64.8 Å². The summed E-state index contributed by atoms with van der Waals surface area (Å²) in [5, 5.41) is 26.5. The zero-order valence-electron chi connectivity index (χ0n) is 11.2. The smallest absolute Gasteiger partial charge is 0.340 e. The summed E-state index contributed by atoms with van der Waals surface area (Å²) >= 11 is 0. The summed E-state index contributed by atoms with van der Waals surface area (Å²) in [5.74, 6) is -6.10. The third kappa shape index (κ3) is 6.13. The van der Waals surface area contributed by atoms with Crippen molar-refractivity contribution < 1.29 is 53.6 Å². The van der Waals surface area contributed by atoms with Crippen LogP contribution in [0, 0.1) is 5.92 Å². The number of carbonyl (C=O) groups is 2. The molecule has 0 saturated carbocycles. The van der Waals surface area contributed by atoms with Crippen molar-refractivity contribution in [2.24, 2.45) is 5.92 Å². The maximum absolute atomic E-state index is 11.3. The summed E-state index contributed by atoms with van der Waals surface area (Å²) < 4.78 is 22.6. The molecule has 0 aliphatic carbocycles. The fourth-order valence-corrected chi connectivity index (χ4v) is 4.48. The van der Waals surface area contributed by atoms with Crippen LogP contribution in [0.25, 0.3) is 0 Å². The van der Waals surface area contributed by atoms with Gasteiger partial charge < -0.3 is 34.9 Å². The van der Waals surface area contributed by atoms with Gasteiger partial charge in [-0.05, 0) is 12.8 Å². The fraction of sp³-hybridized carbons (Fsp3) is 0.778. The van der Waals surface area contributed by atoms with Crippen molar-refractivity contribution in [3.8, 4) is 0 Å². The second-order valence-corrected chi connectivity index (χ2v) is 8.10. The van der Waals surface area contributed by atoms with E-state index in [0.29, 0.717) is 0 Å². The maximum atomic E-state index is 11.3. The molecule has 2 unspecified atom stereocenters. The molecule has 0 fully saturated rings. The molecule has 0 amide bonds. The van der Waals surface area contributed by atoms with Crippen molar-refractivity contribution >= 4 is 27.1 Å². The van der Waals surface area contributed by atoms with E-state index >= 15 is 0 Å². The van der Waals surface area contributed by atoms with Gasteiger partial charge in [0.15, 0.2) is 11.3 Å². The van der Waals surface area contributed by atoms with Gasteiger partial charge >= 0.3 is 27.1 Å². The van der Waals surface area contributed by atoms with E-state index in [1.165, 1.54) is 0 Å². The Hall–Kier alpha value is -0.800. The van der Waals surface area contributed by atoms with Crippen molar-refractivity contribution in [1.29, 1.82) is 0 Å². The van der Waals surface area contributed by atoms with Crippen LogP contribution in [0.2, 0.25) is 0 Å². The minimum Gasteiger partial charge on any atom is -0.481 e. The van der Waals surface area contributed by atoms with Crippen LogP contribution in [0.3, 0.4) is 0 Å². The van der Waals surface area contributed by atoms with E-state index in [-0.39, 0.29) is 19.4 Å². The molecule has 7 N–H and O–H groups in total. The number of aliphatic carboxylic acids is 2. The van der Waals surface area contributed by atoms with Gasteiger partial charge in [-0.3, -0.25) is 18.7 Å². The van der Waals surface area contributed by atoms with Crippen LogP contribution >= 0.6 is 15.2 Å². The van der Waals surface area contributed by atoms with Crippen molar-refractivity contribution in [3.05, 3.63) is 0 Å². The predicted octanol–water partition coefficient (Wildman–Crippen LogP) is -0.973. The highest BCUT2D eigenvalue weighted by molar-refractivity contribution is 7.55. The zero-order chi connectivity index (χ0) is 17.7. The molecule has 0 radical (unpaired) electrons. The molecule has 0 spiro atoms. The highest BCUT2D eigenvalue weighted by Gasteiger charge is 2.53. The molecular formula is C9H18O11P2. The van der Waals surface area contributed by atoms with Gasteiger partial charge in [-0.15, -0.1) is 0 Å². The normalized spacial score (nSPS) is 16.8. The van der Waals surface area contributed by atoms with Crippen LogP contribution in [0.15, 0.2) is 0 Å². The molecule has 0 aliphatic heterocycles. The number of hydrogen-bond donors (Lipinski definition) is 7. The summed E-state index contributed by atoms with van der Waals surface area (Å²) in [7, 11) is -10.7. The van der Waals surface area contributed by atoms with Crippen LogP contribution < -0.4 is 0 Å². The van der Waals surface area contributed by atoms with Crippen molar-refractivity contribution in [1.82, 2.24) is 0 Å². The van der Waals surface area contributed by atoms with E-state index in [2.05, 4.69) is 0 Å². The summed E-state index contributed by atoms with van der Waals surface area (Å²) in [5.41, 5.74) is -5.14. The SMILES string of the molecule is O=C(O)C(C(CCCCO)C(C(=O)O)P(=O)(O)O)P(=O)(O)O. The Bertz CT molecular complexity index is 452. The van der Waals surface area contributed by atoms with Gasteiger partial charge in [0.2, 0.25) is 0 Å². The van der Waals surface area contributed by atoms with Crippen molar-refractivity contribution in [3.63, 3.8) is 0 Å². The maximum Gasteiger partial charge on any atom is 0.340 e. The molecule has 0 heterocycles. The third-order valence-corrected chi connectivity index (χ3v) is 5.64. The lowest BCUT2D eigenvalue weighted by molar-refractivity contribution is -0.140. The number of hydrogen-bond acceptors (Lipinski definition) is 5. The Kier molecular flexibility index (Phi) is 7.87. The first-order chi connectivity index (χ1) is 9.84. The molecule has 0 aromatic heterocycles. The highest BCUT2D eigenvalue weighted by atomic mass is 31.2. The Morgan fingerprint density at radius 1 is 0.818 bits per heavy atom. The molecule has 13 heteroatoms. The van der Waals surface area contributed by atoms with E-state index in [0.717, 1.165) is 0 Å². The Balaban J connectivity index is 5.87. The molecule has 11 nitrogen and oxygen atoms in total. The van der Waals surface area contributed by atoms with E-state index in [9.17, 15) is 18.7 Å². The second kappa shape index (κ2) is 8.16. The molecule has 0 saturated heterocycles. The number of aliphatic hydroxyl groups is 1. The average molecular weight is 364 g/mol. The second-order valence-electron chi connectivity index (χ2n) is 4.63. The number of aliphatic hydroxyl groups excluding tert-OH is 1. The number of rotatable bonds is 10. The minimum atomic E-state index is -5.37. The molecule has 0 rings (SSSR count).